The van der Waals surface area contributed by atoms with Crippen LogP contribution in [0.1, 0.15) is 37.6 Å². The highest BCUT2D eigenvalue weighted by Gasteiger charge is 2.29. The molecule has 1 aliphatic heterocycles. The third kappa shape index (κ3) is 4.59. The van der Waals surface area contributed by atoms with E-state index in [1.807, 2.05) is 0 Å². The van der Waals surface area contributed by atoms with Crippen molar-refractivity contribution >= 4 is 17.8 Å². The van der Waals surface area contributed by atoms with Crippen molar-refractivity contribution in [2.45, 2.75) is 33.2 Å². The maximum Gasteiger partial charge on any atom is 0.338 e. The van der Waals surface area contributed by atoms with E-state index in [2.05, 4.69) is 10.6 Å². The number of esters is 1. The Morgan fingerprint density at radius 2 is 1.84 bits per heavy atom. The van der Waals surface area contributed by atoms with Gasteiger partial charge in [0, 0.05) is 12.0 Å². The van der Waals surface area contributed by atoms with Gasteiger partial charge in [-0.05, 0) is 38.1 Å². The van der Waals surface area contributed by atoms with Gasteiger partial charge in [0.15, 0.2) is 5.78 Å². The van der Waals surface area contributed by atoms with Crippen LogP contribution in [0.4, 0.5) is 4.79 Å². The van der Waals surface area contributed by atoms with Gasteiger partial charge >= 0.3 is 12.0 Å². The van der Waals surface area contributed by atoms with Crippen molar-refractivity contribution in [3.63, 3.8) is 0 Å². The number of ether oxygens (including phenoxy) is 2. The van der Waals surface area contributed by atoms with Crippen LogP contribution in [0.2, 0.25) is 0 Å². The number of nitrogens with one attached hydrogen (secondary N) is 2. The molecule has 7 heteroatoms. The molecule has 1 aromatic rings. The molecule has 0 saturated carbocycles. The molecule has 7 nitrogen and oxygen atoms in total. The monoisotopic (exact) mass is 346 g/mol. The predicted octanol–water partition coefficient (Wildman–Crippen LogP) is 2.18. The first kappa shape index (κ1) is 18.5. The minimum Gasteiger partial charge on any atom is -0.487 e. The average molecular weight is 346 g/mol. The quantitative estimate of drug-likeness (QED) is 0.583. The second-order valence-electron chi connectivity index (χ2n) is 5.52. The second kappa shape index (κ2) is 8.32. The van der Waals surface area contributed by atoms with Gasteiger partial charge in [0.05, 0.1) is 23.9 Å². The number of ketones is 1. The number of hydrogen-bond donors (Lipinski definition) is 2. The molecule has 0 radical (unpaired) electrons. The molecular formula is C18H22N2O5. The number of rotatable bonds is 7. The van der Waals surface area contributed by atoms with Crippen LogP contribution in [0.25, 0.3) is 0 Å². The molecule has 2 N–H and O–H groups in total. The van der Waals surface area contributed by atoms with Crippen LogP contribution in [0.5, 0.6) is 5.75 Å². The largest absolute Gasteiger partial charge is 0.487 e. The Balaban J connectivity index is 2.14. The summed E-state index contributed by atoms with van der Waals surface area (Å²) >= 11 is 0. The lowest BCUT2D eigenvalue weighted by atomic mass is 10.0. The number of carbonyl (C=O) groups is 3. The summed E-state index contributed by atoms with van der Waals surface area (Å²) in [4.78, 5) is 35.4. The molecule has 1 heterocycles. The molecule has 134 valence electrons. The van der Waals surface area contributed by atoms with Crippen molar-refractivity contribution in [1.82, 2.24) is 10.6 Å². The third-order valence-corrected chi connectivity index (χ3v) is 3.75. The zero-order valence-electron chi connectivity index (χ0n) is 14.5. The summed E-state index contributed by atoms with van der Waals surface area (Å²) in [6, 6.07) is 5.86. The number of carbonyl (C=O) groups excluding carboxylic acids is 3. The van der Waals surface area contributed by atoms with Crippen molar-refractivity contribution in [2.75, 3.05) is 13.2 Å². The number of benzene rings is 1. The maximum atomic E-state index is 12.1. The lowest BCUT2D eigenvalue weighted by Crippen LogP contribution is -2.50. The predicted molar refractivity (Wildman–Crippen MR) is 91.3 cm³/mol. The standard InChI is InChI=1S/C18H22N2O5/c1-4-15(21)12-6-8-13(9-7-12)25-10-14-16(17(22)24-5-2)11(3)19-18(23)20-14/h6-9,11H,4-5,10H2,1-3H3,(H2,19,20,23). The van der Waals surface area contributed by atoms with Crippen molar-refractivity contribution in [1.29, 1.82) is 0 Å². The van der Waals surface area contributed by atoms with E-state index in [4.69, 9.17) is 9.47 Å². The average Bonchev–Trinajstić information content (AvgIpc) is 2.59. The van der Waals surface area contributed by atoms with Crippen LogP contribution in [0, 0.1) is 0 Å². The Hall–Kier alpha value is -2.83. The zero-order valence-corrected chi connectivity index (χ0v) is 14.5. The van der Waals surface area contributed by atoms with Gasteiger partial charge in [0.2, 0.25) is 0 Å². The molecule has 0 spiro atoms. The smallest absolute Gasteiger partial charge is 0.338 e. The first-order valence-corrected chi connectivity index (χ1v) is 8.20. The van der Waals surface area contributed by atoms with E-state index in [0.717, 1.165) is 0 Å². The van der Waals surface area contributed by atoms with Gasteiger partial charge in [-0.2, -0.15) is 0 Å². The molecule has 0 aliphatic carbocycles. The van der Waals surface area contributed by atoms with E-state index < -0.39 is 18.0 Å². The minimum absolute atomic E-state index is 0.00692. The SMILES string of the molecule is CCOC(=O)C1=C(COc2ccc(C(=O)CC)cc2)NC(=O)NC1C. The van der Waals surface area contributed by atoms with Crippen LogP contribution in [0.15, 0.2) is 35.5 Å². The summed E-state index contributed by atoms with van der Waals surface area (Å²) in [5.41, 5.74) is 1.31. The zero-order chi connectivity index (χ0) is 18.4. The Bertz CT molecular complexity index is 694. The van der Waals surface area contributed by atoms with Crippen molar-refractivity contribution in [3.05, 3.63) is 41.1 Å². The van der Waals surface area contributed by atoms with E-state index >= 15 is 0 Å². The van der Waals surface area contributed by atoms with Crippen LogP contribution < -0.4 is 15.4 Å². The van der Waals surface area contributed by atoms with Crippen molar-refractivity contribution in [2.24, 2.45) is 0 Å². The molecule has 1 atom stereocenters. The van der Waals surface area contributed by atoms with Crippen LogP contribution in [-0.2, 0) is 9.53 Å². The van der Waals surface area contributed by atoms with Gasteiger partial charge in [0.1, 0.15) is 12.4 Å². The summed E-state index contributed by atoms with van der Waals surface area (Å²) in [6.45, 7) is 5.47. The summed E-state index contributed by atoms with van der Waals surface area (Å²) in [5, 5.41) is 5.22. The second-order valence-corrected chi connectivity index (χ2v) is 5.52. The Morgan fingerprint density at radius 3 is 2.44 bits per heavy atom. The molecule has 0 fully saturated rings. The molecule has 2 rings (SSSR count). The van der Waals surface area contributed by atoms with Crippen LogP contribution in [0.3, 0.4) is 0 Å². The van der Waals surface area contributed by atoms with E-state index in [0.29, 0.717) is 29.0 Å². The highest BCUT2D eigenvalue weighted by molar-refractivity contribution is 5.96. The Labute approximate surface area is 146 Å². The molecule has 25 heavy (non-hydrogen) atoms. The number of urea groups is 1. The van der Waals surface area contributed by atoms with Gasteiger partial charge < -0.3 is 20.1 Å². The molecular weight excluding hydrogens is 324 g/mol. The van der Waals surface area contributed by atoms with E-state index in [1.54, 1.807) is 45.0 Å². The maximum absolute atomic E-state index is 12.1. The molecule has 0 aromatic heterocycles. The Morgan fingerprint density at radius 1 is 1.16 bits per heavy atom. The summed E-state index contributed by atoms with van der Waals surface area (Å²) in [5.74, 6) is 0.0899. The summed E-state index contributed by atoms with van der Waals surface area (Å²) in [6.07, 6.45) is 0.437. The van der Waals surface area contributed by atoms with Gasteiger partial charge in [0.25, 0.3) is 0 Å². The summed E-state index contributed by atoms with van der Waals surface area (Å²) in [7, 11) is 0. The van der Waals surface area contributed by atoms with Crippen LogP contribution in [-0.4, -0.2) is 37.0 Å². The molecule has 1 aromatic carbocycles. The van der Waals surface area contributed by atoms with E-state index in [-0.39, 0.29) is 19.0 Å². The Kier molecular flexibility index (Phi) is 6.16. The molecule has 0 bridgehead atoms. The molecule has 0 saturated heterocycles. The summed E-state index contributed by atoms with van der Waals surface area (Å²) < 4.78 is 10.7. The van der Waals surface area contributed by atoms with E-state index in [9.17, 15) is 14.4 Å². The van der Waals surface area contributed by atoms with Gasteiger partial charge in [-0.1, -0.05) is 6.92 Å². The number of Topliss-reactive ketones (excluding diaryl/α,β-unsaturated/α-hetero) is 1. The lowest BCUT2D eigenvalue weighted by molar-refractivity contribution is -0.139. The molecule has 2 amide bonds. The van der Waals surface area contributed by atoms with Gasteiger partial charge in [-0.3, -0.25) is 4.79 Å². The number of hydrogen-bond acceptors (Lipinski definition) is 5. The first-order chi connectivity index (χ1) is 12.0. The fraction of sp³-hybridized carbons (Fsp3) is 0.389. The molecule has 1 aliphatic rings. The fourth-order valence-corrected chi connectivity index (χ4v) is 2.49. The fourth-order valence-electron chi connectivity index (χ4n) is 2.49. The number of amides is 2. The minimum atomic E-state index is -0.495. The van der Waals surface area contributed by atoms with Crippen molar-refractivity contribution < 1.29 is 23.9 Å². The molecule has 1 unspecified atom stereocenters. The first-order valence-electron chi connectivity index (χ1n) is 8.20. The highest BCUT2D eigenvalue weighted by Crippen LogP contribution is 2.18. The third-order valence-electron chi connectivity index (χ3n) is 3.75. The van der Waals surface area contributed by atoms with Gasteiger partial charge in [-0.25, -0.2) is 9.59 Å². The van der Waals surface area contributed by atoms with Crippen molar-refractivity contribution in [3.8, 4) is 5.75 Å². The van der Waals surface area contributed by atoms with Gasteiger partial charge in [-0.15, -0.1) is 0 Å². The lowest BCUT2D eigenvalue weighted by Gasteiger charge is -2.26. The van der Waals surface area contributed by atoms with Crippen LogP contribution >= 0.6 is 0 Å². The normalized spacial score (nSPS) is 16.8. The topological polar surface area (TPSA) is 93.7 Å². The highest BCUT2D eigenvalue weighted by atomic mass is 16.5. The van der Waals surface area contributed by atoms with E-state index in [1.165, 1.54) is 0 Å².